The van der Waals surface area contributed by atoms with Crippen molar-refractivity contribution in [3.8, 4) is 11.5 Å². The minimum Gasteiger partial charge on any atom is -0.457 e. The van der Waals surface area contributed by atoms with Gasteiger partial charge >= 0.3 is 0 Å². The second-order valence-corrected chi connectivity index (χ2v) is 7.78. The average Bonchev–Trinajstić information content (AvgIpc) is 2.70. The van der Waals surface area contributed by atoms with Gasteiger partial charge in [0.05, 0.1) is 22.8 Å². The first-order valence-corrected chi connectivity index (χ1v) is 9.90. The molecule has 2 aromatic carbocycles. The fourth-order valence-corrected chi connectivity index (χ4v) is 3.32. The number of amides is 1. The van der Waals surface area contributed by atoms with Crippen LogP contribution in [0.3, 0.4) is 0 Å². The van der Waals surface area contributed by atoms with Crippen LogP contribution in [0, 0.1) is 0 Å². The summed E-state index contributed by atoms with van der Waals surface area (Å²) in [5.74, 6) is 0.155. The molecule has 0 radical (unpaired) electrons. The minimum atomic E-state index is -4.07. The second kappa shape index (κ2) is 8.39. The van der Waals surface area contributed by atoms with Crippen LogP contribution in [-0.4, -0.2) is 24.4 Å². The Morgan fingerprint density at radius 1 is 1.00 bits per heavy atom. The molecule has 28 heavy (non-hydrogen) atoms. The van der Waals surface area contributed by atoms with Gasteiger partial charge in [0.1, 0.15) is 11.5 Å². The second-order valence-electron chi connectivity index (χ2n) is 5.66. The van der Waals surface area contributed by atoms with E-state index in [1.165, 1.54) is 42.6 Å². The van der Waals surface area contributed by atoms with E-state index in [1.807, 2.05) is 4.72 Å². The van der Waals surface area contributed by atoms with Crippen molar-refractivity contribution in [3.63, 3.8) is 0 Å². The molecule has 1 aromatic heterocycles. The molecule has 0 saturated heterocycles. The van der Waals surface area contributed by atoms with Gasteiger partial charge in [0.15, 0.2) is 0 Å². The number of aliphatic hydroxyl groups is 1. The number of rotatable bonds is 6. The lowest BCUT2D eigenvalue weighted by atomic mass is 10.2. The molecular weight excluding hydrogens is 404 g/mol. The summed E-state index contributed by atoms with van der Waals surface area (Å²) in [4.78, 5) is 15.9. The van der Waals surface area contributed by atoms with Crippen molar-refractivity contribution >= 4 is 27.5 Å². The summed E-state index contributed by atoms with van der Waals surface area (Å²) in [6.45, 7) is -0.273. The van der Waals surface area contributed by atoms with Crippen LogP contribution in [0.4, 0.5) is 0 Å². The Hall–Kier alpha value is -2.94. The molecule has 0 aliphatic rings. The van der Waals surface area contributed by atoms with E-state index in [0.717, 1.165) is 0 Å². The average molecular weight is 419 g/mol. The van der Waals surface area contributed by atoms with Crippen molar-refractivity contribution in [1.82, 2.24) is 9.71 Å². The van der Waals surface area contributed by atoms with Crippen LogP contribution in [-0.2, 0) is 16.6 Å². The van der Waals surface area contributed by atoms with Crippen molar-refractivity contribution in [2.75, 3.05) is 0 Å². The van der Waals surface area contributed by atoms with Crippen molar-refractivity contribution in [2.45, 2.75) is 11.5 Å². The van der Waals surface area contributed by atoms with Gasteiger partial charge in [-0.25, -0.2) is 13.1 Å². The molecule has 0 bridgehead atoms. The quantitative estimate of drug-likeness (QED) is 0.637. The van der Waals surface area contributed by atoms with Crippen LogP contribution in [0.5, 0.6) is 11.5 Å². The van der Waals surface area contributed by atoms with Gasteiger partial charge in [-0.15, -0.1) is 0 Å². The maximum Gasteiger partial charge on any atom is 0.266 e. The van der Waals surface area contributed by atoms with E-state index in [4.69, 9.17) is 21.4 Å². The lowest BCUT2D eigenvalue weighted by Gasteiger charge is -2.09. The number of nitrogens with one attached hydrogen (secondary N) is 1. The van der Waals surface area contributed by atoms with Crippen molar-refractivity contribution in [2.24, 2.45) is 0 Å². The smallest absolute Gasteiger partial charge is 0.266 e. The predicted octanol–water partition coefficient (Wildman–Crippen LogP) is 3.14. The molecule has 1 amide bonds. The number of aromatic nitrogens is 1. The number of hydrogen-bond donors (Lipinski definition) is 2. The summed E-state index contributed by atoms with van der Waals surface area (Å²) in [6, 6.07) is 15.1. The number of pyridine rings is 1. The van der Waals surface area contributed by atoms with Crippen LogP contribution >= 0.6 is 11.6 Å². The number of aliphatic hydroxyl groups excluding tert-OH is 1. The van der Waals surface area contributed by atoms with Gasteiger partial charge in [0.25, 0.3) is 15.9 Å². The lowest BCUT2D eigenvalue weighted by Crippen LogP contribution is -2.30. The number of sulfonamides is 1. The first-order valence-electron chi connectivity index (χ1n) is 8.04. The minimum absolute atomic E-state index is 0.0588. The third-order valence-corrected chi connectivity index (χ3v) is 5.26. The van der Waals surface area contributed by atoms with Crippen molar-refractivity contribution in [3.05, 3.63) is 83.1 Å². The van der Waals surface area contributed by atoms with Gasteiger partial charge < -0.3 is 9.84 Å². The molecule has 1 heterocycles. The van der Waals surface area contributed by atoms with Crippen LogP contribution in [0.15, 0.2) is 71.8 Å². The third-order valence-electron chi connectivity index (χ3n) is 3.66. The van der Waals surface area contributed by atoms with Gasteiger partial charge in [-0.3, -0.25) is 9.78 Å². The third kappa shape index (κ3) is 4.86. The van der Waals surface area contributed by atoms with Gasteiger partial charge in [-0.1, -0.05) is 11.6 Å². The van der Waals surface area contributed by atoms with E-state index in [-0.39, 0.29) is 17.1 Å². The summed E-state index contributed by atoms with van der Waals surface area (Å²) in [6.07, 6.45) is 1.19. The van der Waals surface area contributed by atoms with Gasteiger partial charge in [-0.05, 0) is 60.7 Å². The first-order chi connectivity index (χ1) is 13.4. The molecule has 7 nitrogen and oxygen atoms in total. The van der Waals surface area contributed by atoms with Crippen molar-refractivity contribution in [1.29, 1.82) is 0 Å². The fourth-order valence-electron chi connectivity index (χ4n) is 2.22. The molecule has 0 aliphatic heterocycles. The molecule has 0 unspecified atom stereocenters. The standard InChI is InChI=1S/C19H15ClN2O5S/c20-14-2-5-16(6-3-14)27-17-7-9-18(10-8-17)28(25,26)22-19(24)13-1-4-15(12-23)21-11-13/h1-11,23H,12H2,(H,22,24). The Balaban J connectivity index is 1.70. The fraction of sp³-hybridized carbons (Fsp3) is 0.0526. The SMILES string of the molecule is O=C(NS(=O)(=O)c1ccc(Oc2ccc(Cl)cc2)cc1)c1ccc(CO)nc1. The zero-order valence-corrected chi connectivity index (χ0v) is 15.9. The predicted molar refractivity (Wildman–Crippen MR) is 103 cm³/mol. The zero-order chi connectivity index (χ0) is 20.1. The number of ether oxygens (including phenoxy) is 1. The van der Waals surface area contributed by atoms with E-state index in [9.17, 15) is 13.2 Å². The van der Waals surface area contributed by atoms with Crippen molar-refractivity contribution < 1.29 is 23.1 Å². The Morgan fingerprint density at radius 2 is 1.61 bits per heavy atom. The topological polar surface area (TPSA) is 106 Å². The van der Waals surface area contributed by atoms with Gasteiger partial charge in [-0.2, -0.15) is 0 Å². The summed E-state index contributed by atoms with van der Waals surface area (Å²) in [5, 5.41) is 9.53. The van der Waals surface area contributed by atoms with Gasteiger partial charge in [0, 0.05) is 11.2 Å². The van der Waals surface area contributed by atoms with E-state index >= 15 is 0 Å². The number of benzene rings is 2. The van der Waals surface area contributed by atoms with Gasteiger partial charge in [0.2, 0.25) is 0 Å². The molecule has 144 valence electrons. The van der Waals surface area contributed by atoms with Crippen LogP contribution in [0.2, 0.25) is 5.02 Å². The Labute approximate surface area is 166 Å². The molecule has 0 fully saturated rings. The Morgan fingerprint density at radius 3 is 2.14 bits per heavy atom. The maximum absolute atomic E-state index is 12.4. The molecule has 2 N–H and O–H groups in total. The number of carbonyl (C=O) groups excluding carboxylic acids is 1. The molecule has 3 rings (SSSR count). The Bertz CT molecular complexity index is 1070. The monoisotopic (exact) mass is 418 g/mol. The highest BCUT2D eigenvalue weighted by atomic mass is 35.5. The molecule has 0 aliphatic carbocycles. The van der Waals surface area contributed by atoms with Crippen LogP contribution in [0.1, 0.15) is 16.1 Å². The van der Waals surface area contributed by atoms with E-state index in [0.29, 0.717) is 22.2 Å². The zero-order valence-electron chi connectivity index (χ0n) is 14.4. The summed E-state index contributed by atoms with van der Waals surface area (Å²) < 4.78 is 32.4. The largest absolute Gasteiger partial charge is 0.457 e. The highest BCUT2D eigenvalue weighted by Gasteiger charge is 2.19. The van der Waals surface area contributed by atoms with E-state index < -0.39 is 15.9 Å². The normalized spacial score (nSPS) is 11.1. The molecular formula is C19H15ClN2O5S. The molecule has 3 aromatic rings. The number of halogens is 1. The summed E-state index contributed by atoms with van der Waals surface area (Å²) in [7, 11) is -4.07. The van der Waals surface area contributed by atoms with Crippen LogP contribution in [0.25, 0.3) is 0 Å². The maximum atomic E-state index is 12.4. The Kier molecular flexibility index (Phi) is 5.93. The first kappa shape index (κ1) is 19.8. The number of nitrogens with zero attached hydrogens (tertiary/aromatic N) is 1. The highest BCUT2D eigenvalue weighted by Crippen LogP contribution is 2.24. The van der Waals surface area contributed by atoms with Crippen LogP contribution < -0.4 is 9.46 Å². The summed E-state index contributed by atoms with van der Waals surface area (Å²) >= 11 is 5.81. The summed E-state index contributed by atoms with van der Waals surface area (Å²) in [5.41, 5.74) is 0.430. The number of hydrogen-bond acceptors (Lipinski definition) is 6. The van der Waals surface area contributed by atoms with E-state index in [2.05, 4.69) is 4.98 Å². The van der Waals surface area contributed by atoms with E-state index in [1.54, 1.807) is 24.3 Å². The highest BCUT2D eigenvalue weighted by molar-refractivity contribution is 7.90. The molecule has 0 saturated carbocycles. The molecule has 9 heteroatoms. The molecule has 0 spiro atoms. The number of carbonyl (C=O) groups is 1. The lowest BCUT2D eigenvalue weighted by molar-refractivity contribution is 0.0981. The molecule has 0 atom stereocenters.